The zero-order valence-electron chi connectivity index (χ0n) is 15.5. The van der Waals surface area contributed by atoms with Gasteiger partial charge in [-0.1, -0.05) is 19.0 Å². The van der Waals surface area contributed by atoms with Gasteiger partial charge in [-0.25, -0.2) is 0 Å². The highest BCUT2D eigenvalue weighted by Gasteiger charge is 2.36. The topological polar surface area (TPSA) is 91.8 Å². The van der Waals surface area contributed by atoms with Crippen LogP contribution >= 0.6 is 0 Å². The Labute approximate surface area is 155 Å². The number of nitrogens with zero attached hydrogens (tertiary/aromatic N) is 4. The number of carbonyl (C=O) groups excluding carboxylic acids is 1. The second-order valence-corrected chi connectivity index (χ2v) is 9.06. The van der Waals surface area contributed by atoms with Crippen LogP contribution in [0.4, 0.5) is 0 Å². The van der Waals surface area contributed by atoms with Gasteiger partial charge in [0.1, 0.15) is 0 Å². The minimum absolute atomic E-state index is 0.102. The highest BCUT2D eigenvalue weighted by atomic mass is 32.2. The summed E-state index contributed by atoms with van der Waals surface area (Å²) in [4.78, 5) is 19.7. The fourth-order valence-electron chi connectivity index (χ4n) is 3.36. The molecule has 0 aliphatic carbocycles. The van der Waals surface area contributed by atoms with Crippen LogP contribution < -0.4 is 0 Å². The van der Waals surface area contributed by atoms with E-state index in [0.29, 0.717) is 65.3 Å². The summed E-state index contributed by atoms with van der Waals surface area (Å²) < 4.78 is 33.8. The van der Waals surface area contributed by atoms with Gasteiger partial charge in [0.25, 0.3) is 16.1 Å². The Morgan fingerprint density at radius 1 is 1.08 bits per heavy atom. The molecule has 2 saturated heterocycles. The van der Waals surface area contributed by atoms with Crippen molar-refractivity contribution in [2.75, 3.05) is 52.5 Å². The van der Waals surface area contributed by atoms with Crippen molar-refractivity contribution in [2.45, 2.75) is 32.8 Å². The molecule has 0 aromatic carbocycles. The lowest BCUT2D eigenvalue weighted by molar-refractivity contribution is -0.141. The molecular formula is C16H28N4O5S. The first-order valence-corrected chi connectivity index (χ1v) is 10.6. The number of hydrogen-bond donors (Lipinski definition) is 0. The molecular weight excluding hydrogens is 360 g/mol. The predicted molar refractivity (Wildman–Crippen MR) is 95.8 cm³/mol. The first-order valence-electron chi connectivity index (χ1n) is 9.24. The number of hydrogen-bond acceptors (Lipinski definition) is 6. The quantitative estimate of drug-likeness (QED) is 0.671. The summed E-state index contributed by atoms with van der Waals surface area (Å²) in [6, 6.07) is 0. The van der Waals surface area contributed by atoms with Crippen LogP contribution in [0.5, 0.6) is 0 Å². The number of ether oxygens (including phenoxy) is 1. The van der Waals surface area contributed by atoms with Crippen molar-refractivity contribution in [1.29, 1.82) is 0 Å². The minimum Gasteiger partial charge on any atom is -0.382 e. The van der Waals surface area contributed by atoms with E-state index in [1.807, 2.05) is 13.8 Å². The number of amides is 1. The normalized spacial score (nSPS) is 26.5. The Morgan fingerprint density at radius 3 is 2.42 bits per heavy atom. The first-order chi connectivity index (χ1) is 12.4. The lowest BCUT2D eigenvalue weighted by Gasteiger charge is -2.31. The van der Waals surface area contributed by atoms with Gasteiger partial charge in [0.05, 0.1) is 18.9 Å². The van der Waals surface area contributed by atoms with Gasteiger partial charge in [0, 0.05) is 45.7 Å². The Balaban J connectivity index is 1.57. The zero-order valence-corrected chi connectivity index (χ0v) is 16.3. The van der Waals surface area contributed by atoms with Crippen molar-refractivity contribution in [3.63, 3.8) is 0 Å². The van der Waals surface area contributed by atoms with Gasteiger partial charge in [-0.3, -0.25) is 4.79 Å². The molecule has 3 aliphatic rings. The minimum atomic E-state index is -3.50. The van der Waals surface area contributed by atoms with E-state index in [-0.39, 0.29) is 11.8 Å². The van der Waals surface area contributed by atoms with Gasteiger partial charge >= 0.3 is 0 Å². The van der Waals surface area contributed by atoms with E-state index >= 15 is 0 Å². The molecule has 1 unspecified atom stereocenters. The summed E-state index contributed by atoms with van der Waals surface area (Å²) in [6.45, 7) is 7.29. The largest absolute Gasteiger partial charge is 0.382 e. The average Bonchev–Trinajstić information content (AvgIpc) is 3.00. The first kappa shape index (κ1) is 19.5. The molecule has 0 radical (unpaired) electrons. The highest BCUT2D eigenvalue weighted by Crippen LogP contribution is 2.20. The molecule has 26 heavy (non-hydrogen) atoms. The fraction of sp³-hybridized carbons (Fsp3) is 0.875. The molecule has 2 fully saturated rings. The molecule has 3 rings (SSSR count). The number of rotatable bonds is 4. The SMILES string of the molecule is CC(C)C1=NOC(C(=O)N2CCCN(S(=O)(=O)N3CCOCC3)CC2)C1. The number of carbonyl (C=O) groups is 1. The maximum absolute atomic E-state index is 12.8. The number of morpholine rings is 1. The lowest BCUT2D eigenvalue weighted by Crippen LogP contribution is -2.49. The van der Waals surface area contributed by atoms with Crippen molar-refractivity contribution in [3.05, 3.63) is 0 Å². The maximum Gasteiger partial charge on any atom is 0.282 e. The summed E-state index contributed by atoms with van der Waals surface area (Å²) in [5.41, 5.74) is 0.898. The van der Waals surface area contributed by atoms with Gasteiger partial charge < -0.3 is 14.5 Å². The maximum atomic E-state index is 12.8. The lowest BCUT2D eigenvalue weighted by atomic mass is 10.0. The van der Waals surface area contributed by atoms with Crippen LogP contribution in [0.3, 0.4) is 0 Å². The summed E-state index contributed by atoms with van der Waals surface area (Å²) >= 11 is 0. The Bertz CT molecular complexity index is 645. The van der Waals surface area contributed by atoms with Crippen LogP contribution in [0.15, 0.2) is 5.16 Å². The van der Waals surface area contributed by atoms with Crippen molar-refractivity contribution >= 4 is 21.8 Å². The third-order valence-corrected chi connectivity index (χ3v) is 7.06. The van der Waals surface area contributed by atoms with Crippen molar-refractivity contribution in [2.24, 2.45) is 11.1 Å². The third-order valence-electron chi connectivity index (χ3n) is 5.02. The van der Waals surface area contributed by atoms with E-state index in [4.69, 9.17) is 9.57 Å². The van der Waals surface area contributed by atoms with Gasteiger partial charge in [0.15, 0.2) is 0 Å². The molecule has 1 atom stereocenters. The molecule has 0 N–H and O–H groups in total. The summed E-state index contributed by atoms with van der Waals surface area (Å²) in [5.74, 6) is 0.154. The Morgan fingerprint density at radius 2 is 1.77 bits per heavy atom. The molecule has 10 heteroatoms. The van der Waals surface area contributed by atoms with Gasteiger partial charge in [0.2, 0.25) is 6.10 Å². The smallest absolute Gasteiger partial charge is 0.282 e. The van der Waals surface area contributed by atoms with Crippen LogP contribution in [0, 0.1) is 5.92 Å². The highest BCUT2D eigenvalue weighted by molar-refractivity contribution is 7.86. The molecule has 1 amide bonds. The molecule has 0 spiro atoms. The second kappa shape index (κ2) is 8.20. The fourth-order valence-corrected chi connectivity index (χ4v) is 4.97. The molecule has 0 aromatic heterocycles. The van der Waals surface area contributed by atoms with E-state index in [9.17, 15) is 13.2 Å². The molecule has 9 nitrogen and oxygen atoms in total. The van der Waals surface area contributed by atoms with Crippen LogP contribution in [0.2, 0.25) is 0 Å². The van der Waals surface area contributed by atoms with Crippen LogP contribution in [-0.4, -0.2) is 92.1 Å². The summed E-state index contributed by atoms with van der Waals surface area (Å²) in [6.07, 6.45) is 0.553. The second-order valence-electron chi connectivity index (χ2n) is 7.13. The van der Waals surface area contributed by atoms with E-state index < -0.39 is 16.3 Å². The molecule has 0 bridgehead atoms. The third kappa shape index (κ3) is 4.19. The van der Waals surface area contributed by atoms with Crippen LogP contribution in [-0.2, 0) is 24.6 Å². The molecule has 3 heterocycles. The predicted octanol–water partition coefficient (Wildman–Crippen LogP) is -0.101. The van der Waals surface area contributed by atoms with Crippen LogP contribution in [0.1, 0.15) is 26.7 Å². The molecule has 0 aromatic rings. The summed E-state index contributed by atoms with van der Waals surface area (Å²) in [5, 5.41) is 4.02. The van der Waals surface area contributed by atoms with E-state index in [1.54, 1.807) is 4.90 Å². The Kier molecular flexibility index (Phi) is 6.16. The van der Waals surface area contributed by atoms with E-state index in [1.165, 1.54) is 8.61 Å². The van der Waals surface area contributed by atoms with E-state index in [0.717, 1.165) is 5.71 Å². The number of oxime groups is 1. The monoisotopic (exact) mass is 388 g/mol. The van der Waals surface area contributed by atoms with Gasteiger partial charge in [-0.2, -0.15) is 17.0 Å². The van der Waals surface area contributed by atoms with Crippen LogP contribution in [0.25, 0.3) is 0 Å². The van der Waals surface area contributed by atoms with Crippen molar-refractivity contribution in [1.82, 2.24) is 13.5 Å². The van der Waals surface area contributed by atoms with E-state index in [2.05, 4.69) is 5.16 Å². The van der Waals surface area contributed by atoms with Gasteiger partial charge in [-0.05, 0) is 12.3 Å². The average molecular weight is 388 g/mol. The Hall–Kier alpha value is -1.23. The van der Waals surface area contributed by atoms with Gasteiger partial charge in [-0.15, -0.1) is 0 Å². The molecule has 148 valence electrons. The van der Waals surface area contributed by atoms with Crippen molar-refractivity contribution < 1.29 is 22.8 Å². The molecule has 0 saturated carbocycles. The standard InChI is InChI=1S/C16H28N4O5S/c1-13(2)14-12-15(25-17-14)16(21)18-4-3-5-19(7-6-18)26(22,23)20-8-10-24-11-9-20/h13,15H,3-12H2,1-2H3. The summed E-state index contributed by atoms with van der Waals surface area (Å²) in [7, 11) is -3.50. The zero-order chi connectivity index (χ0) is 18.7. The van der Waals surface area contributed by atoms with Crippen molar-refractivity contribution in [3.8, 4) is 0 Å². The molecule has 3 aliphatic heterocycles.